The fourth-order valence-corrected chi connectivity index (χ4v) is 2.63. The molecule has 0 radical (unpaired) electrons. The van der Waals surface area contributed by atoms with Gasteiger partial charge < -0.3 is 4.74 Å². The fourth-order valence-electron chi connectivity index (χ4n) is 1.56. The molecule has 84 valence electrons. The second-order valence-corrected chi connectivity index (χ2v) is 5.31. The van der Waals surface area contributed by atoms with Gasteiger partial charge in [-0.1, -0.05) is 44.0 Å². The van der Waals surface area contributed by atoms with E-state index in [9.17, 15) is 0 Å². The molecule has 15 heavy (non-hydrogen) atoms. The molecule has 0 heterocycles. The van der Waals surface area contributed by atoms with Crippen LogP contribution in [0.2, 0.25) is 0 Å². The lowest BCUT2D eigenvalue weighted by Crippen LogP contribution is -2.22. The zero-order chi connectivity index (χ0) is 11.5. The van der Waals surface area contributed by atoms with Crippen molar-refractivity contribution in [2.75, 3.05) is 6.61 Å². The molecule has 0 bridgehead atoms. The van der Waals surface area contributed by atoms with E-state index >= 15 is 0 Å². The van der Waals surface area contributed by atoms with Gasteiger partial charge in [0.1, 0.15) is 0 Å². The lowest BCUT2D eigenvalue weighted by atomic mass is 9.96. The van der Waals surface area contributed by atoms with Gasteiger partial charge in [-0.2, -0.15) is 0 Å². The number of halogens is 2. The molecule has 0 N–H and O–H groups in total. The highest BCUT2D eigenvalue weighted by molar-refractivity contribution is 9.10. The van der Waals surface area contributed by atoms with Gasteiger partial charge in [0.15, 0.2) is 0 Å². The Morgan fingerprint density at radius 1 is 1.33 bits per heavy atom. The first-order valence-corrected chi connectivity index (χ1v) is 6.91. The van der Waals surface area contributed by atoms with Crippen LogP contribution in [0.5, 0.6) is 0 Å². The summed E-state index contributed by atoms with van der Waals surface area (Å²) < 4.78 is 6.85. The molecule has 0 atom stereocenters. The van der Waals surface area contributed by atoms with Crippen LogP contribution in [0, 0.1) is 0 Å². The second kappa shape index (κ2) is 5.46. The summed E-state index contributed by atoms with van der Waals surface area (Å²) in [6, 6.07) is 6.35. The summed E-state index contributed by atoms with van der Waals surface area (Å²) >= 11 is 7.04. The minimum absolute atomic E-state index is 0.244. The predicted molar refractivity (Wildman–Crippen MR) is 71.4 cm³/mol. The summed E-state index contributed by atoms with van der Waals surface area (Å²) in [5, 5.41) is 0.871. The van der Waals surface area contributed by atoms with Crippen molar-refractivity contribution in [3.05, 3.63) is 33.8 Å². The first kappa shape index (κ1) is 13.2. The maximum Gasteiger partial charge on any atom is 0.0886 e. The van der Waals surface area contributed by atoms with Crippen LogP contribution in [-0.4, -0.2) is 6.61 Å². The van der Waals surface area contributed by atoms with Crippen molar-refractivity contribution in [3.63, 3.8) is 0 Å². The Balaban J connectivity index is 3.11. The van der Waals surface area contributed by atoms with Crippen LogP contribution in [0.15, 0.2) is 22.7 Å². The molecular weight excluding hydrogens is 320 g/mol. The molecule has 0 aliphatic carbocycles. The Kier molecular flexibility index (Phi) is 4.81. The van der Waals surface area contributed by atoms with Crippen LogP contribution in [-0.2, 0) is 15.7 Å². The molecule has 0 saturated carbocycles. The van der Waals surface area contributed by atoms with E-state index in [2.05, 4.69) is 63.9 Å². The largest absolute Gasteiger partial charge is 0.371 e. The van der Waals surface area contributed by atoms with E-state index in [0.717, 1.165) is 16.4 Å². The van der Waals surface area contributed by atoms with Crippen LogP contribution in [0.1, 0.15) is 31.9 Å². The van der Waals surface area contributed by atoms with Crippen molar-refractivity contribution < 1.29 is 4.74 Å². The maximum absolute atomic E-state index is 5.75. The van der Waals surface area contributed by atoms with E-state index in [0.29, 0.717) is 0 Å². The SMILES string of the molecule is CCOC(C)(C)c1cc(CBr)ccc1Br. The van der Waals surface area contributed by atoms with Crippen LogP contribution >= 0.6 is 31.9 Å². The van der Waals surface area contributed by atoms with Gasteiger partial charge in [0.05, 0.1) is 5.60 Å². The molecule has 0 aromatic heterocycles. The van der Waals surface area contributed by atoms with Crippen molar-refractivity contribution in [2.45, 2.75) is 31.7 Å². The Bertz CT molecular complexity index is 334. The van der Waals surface area contributed by atoms with Crippen molar-refractivity contribution in [1.29, 1.82) is 0 Å². The number of hydrogen-bond acceptors (Lipinski definition) is 1. The summed E-state index contributed by atoms with van der Waals surface area (Å²) in [6.07, 6.45) is 0. The summed E-state index contributed by atoms with van der Waals surface area (Å²) in [5.41, 5.74) is 2.22. The van der Waals surface area contributed by atoms with E-state index in [1.165, 1.54) is 11.1 Å². The normalized spacial score (nSPS) is 11.8. The summed E-state index contributed by atoms with van der Waals surface area (Å²) in [4.78, 5) is 0. The van der Waals surface area contributed by atoms with Crippen LogP contribution in [0.3, 0.4) is 0 Å². The minimum Gasteiger partial charge on any atom is -0.371 e. The van der Waals surface area contributed by atoms with Gasteiger partial charge in [-0.05, 0) is 38.0 Å². The number of rotatable bonds is 4. The average molecular weight is 336 g/mol. The van der Waals surface area contributed by atoms with Gasteiger partial charge in [0.2, 0.25) is 0 Å². The highest BCUT2D eigenvalue weighted by Gasteiger charge is 2.23. The molecular formula is C12H16Br2O. The Labute approximate surface area is 108 Å². The van der Waals surface area contributed by atoms with Crippen LogP contribution in [0.25, 0.3) is 0 Å². The lowest BCUT2D eigenvalue weighted by molar-refractivity contribution is -0.0146. The number of benzene rings is 1. The fraction of sp³-hybridized carbons (Fsp3) is 0.500. The van der Waals surface area contributed by atoms with Crippen LogP contribution < -0.4 is 0 Å². The standard InChI is InChI=1S/C12H16Br2O/c1-4-15-12(2,3)10-7-9(8-13)5-6-11(10)14/h5-7H,4,8H2,1-3H3. The van der Waals surface area contributed by atoms with Crippen molar-refractivity contribution in [1.82, 2.24) is 0 Å². The first-order chi connectivity index (χ1) is 7.01. The lowest BCUT2D eigenvalue weighted by Gasteiger charge is -2.26. The summed E-state index contributed by atoms with van der Waals surface area (Å²) in [5.74, 6) is 0. The molecule has 0 aliphatic heterocycles. The van der Waals surface area contributed by atoms with Crippen molar-refractivity contribution >= 4 is 31.9 Å². The van der Waals surface area contributed by atoms with Gasteiger partial charge in [-0.15, -0.1) is 0 Å². The summed E-state index contributed by atoms with van der Waals surface area (Å²) in [6.45, 7) is 6.92. The van der Waals surface area contributed by atoms with Crippen molar-refractivity contribution in [3.8, 4) is 0 Å². The van der Waals surface area contributed by atoms with Gasteiger partial charge in [-0.25, -0.2) is 0 Å². The Morgan fingerprint density at radius 3 is 2.53 bits per heavy atom. The quantitative estimate of drug-likeness (QED) is 0.730. The molecule has 0 unspecified atom stereocenters. The Morgan fingerprint density at radius 2 is 2.00 bits per heavy atom. The van der Waals surface area contributed by atoms with Gasteiger partial charge in [0, 0.05) is 16.4 Å². The van der Waals surface area contributed by atoms with E-state index in [1.54, 1.807) is 0 Å². The minimum atomic E-state index is -0.244. The molecule has 0 fully saturated rings. The molecule has 0 saturated heterocycles. The highest BCUT2D eigenvalue weighted by Crippen LogP contribution is 2.32. The molecule has 0 spiro atoms. The number of ether oxygens (including phenoxy) is 1. The monoisotopic (exact) mass is 334 g/mol. The van der Waals surface area contributed by atoms with Crippen molar-refractivity contribution in [2.24, 2.45) is 0 Å². The number of alkyl halides is 1. The van der Waals surface area contributed by atoms with E-state index in [4.69, 9.17) is 4.74 Å². The van der Waals surface area contributed by atoms with Crippen LogP contribution in [0.4, 0.5) is 0 Å². The molecule has 3 heteroatoms. The molecule has 1 aromatic rings. The average Bonchev–Trinajstić information content (AvgIpc) is 2.18. The number of hydrogen-bond donors (Lipinski definition) is 0. The second-order valence-electron chi connectivity index (χ2n) is 3.89. The van der Waals surface area contributed by atoms with E-state index in [1.807, 2.05) is 6.92 Å². The maximum atomic E-state index is 5.75. The zero-order valence-electron chi connectivity index (χ0n) is 9.31. The van der Waals surface area contributed by atoms with Gasteiger partial charge in [0.25, 0.3) is 0 Å². The molecule has 1 rings (SSSR count). The zero-order valence-corrected chi connectivity index (χ0v) is 12.5. The summed E-state index contributed by atoms with van der Waals surface area (Å²) in [7, 11) is 0. The molecule has 0 amide bonds. The smallest absolute Gasteiger partial charge is 0.0886 e. The third-order valence-electron chi connectivity index (χ3n) is 2.34. The van der Waals surface area contributed by atoms with Gasteiger partial charge in [-0.3, -0.25) is 0 Å². The van der Waals surface area contributed by atoms with Gasteiger partial charge >= 0.3 is 0 Å². The molecule has 0 aliphatic rings. The molecule has 1 aromatic carbocycles. The van der Waals surface area contributed by atoms with E-state index in [-0.39, 0.29) is 5.60 Å². The van der Waals surface area contributed by atoms with E-state index < -0.39 is 0 Å². The third kappa shape index (κ3) is 3.30. The first-order valence-electron chi connectivity index (χ1n) is 5.00. The predicted octanol–water partition coefficient (Wildman–Crippen LogP) is 4.62. The highest BCUT2D eigenvalue weighted by atomic mass is 79.9. The molecule has 1 nitrogen and oxygen atoms in total. The topological polar surface area (TPSA) is 9.23 Å². The Hall–Kier alpha value is 0.140. The third-order valence-corrected chi connectivity index (χ3v) is 3.68.